The van der Waals surface area contributed by atoms with E-state index in [1.165, 1.54) is 24.3 Å². The molecule has 90 valence electrons. The average molecular weight is 244 g/mol. The van der Waals surface area contributed by atoms with E-state index in [1.54, 1.807) is 25.1 Å². The Bertz CT molecular complexity index is 630. The summed E-state index contributed by atoms with van der Waals surface area (Å²) >= 11 is 0. The Labute approximate surface area is 103 Å². The summed E-state index contributed by atoms with van der Waals surface area (Å²) in [6.45, 7) is 1.64. The van der Waals surface area contributed by atoms with Crippen molar-refractivity contribution in [1.29, 1.82) is 5.26 Å². The zero-order chi connectivity index (χ0) is 13.1. The number of nitrogens with one attached hydrogen (secondary N) is 1. The van der Waals surface area contributed by atoms with Gasteiger partial charge in [-0.1, -0.05) is 18.2 Å². The first-order chi connectivity index (χ1) is 8.63. The highest BCUT2D eigenvalue weighted by atomic mass is 19.1. The van der Waals surface area contributed by atoms with Crippen molar-refractivity contribution in [3.63, 3.8) is 0 Å². The van der Waals surface area contributed by atoms with Crippen molar-refractivity contribution >= 4 is 11.4 Å². The standard InChI is InChI=1S/C14H10F2N2/c1-9-4-2-7-13(14(9)16)18-12-6-3-5-11(15)10(12)8-17/h2-7,18H,1H3. The molecule has 2 nitrogen and oxygen atoms in total. The van der Waals surface area contributed by atoms with E-state index in [4.69, 9.17) is 5.26 Å². The Balaban J connectivity index is 2.44. The van der Waals surface area contributed by atoms with Crippen molar-refractivity contribution in [3.05, 3.63) is 59.2 Å². The lowest BCUT2D eigenvalue weighted by Gasteiger charge is -2.10. The van der Waals surface area contributed by atoms with Crippen molar-refractivity contribution in [1.82, 2.24) is 0 Å². The molecule has 0 saturated carbocycles. The molecule has 4 heteroatoms. The van der Waals surface area contributed by atoms with Crippen LogP contribution in [0.4, 0.5) is 20.2 Å². The number of benzene rings is 2. The zero-order valence-electron chi connectivity index (χ0n) is 9.67. The second-order valence-corrected chi connectivity index (χ2v) is 3.84. The molecule has 0 atom stereocenters. The maximum absolute atomic E-state index is 13.8. The Morgan fingerprint density at radius 1 is 1.06 bits per heavy atom. The van der Waals surface area contributed by atoms with Gasteiger partial charge in [-0.3, -0.25) is 0 Å². The van der Waals surface area contributed by atoms with Gasteiger partial charge in [-0.25, -0.2) is 8.78 Å². The third kappa shape index (κ3) is 2.16. The molecule has 0 spiro atoms. The second-order valence-electron chi connectivity index (χ2n) is 3.84. The summed E-state index contributed by atoms with van der Waals surface area (Å²) in [6, 6.07) is 10.8. The maximum Gasteiger partial charge on any atom is 0.149 e. The fourth-order valence-electron chi connectivity index (χ4n) is 1.63. The number of hydrogen-bond acceptors (Lipinski definition) is 2. The molecule has 0 fully saturated rings. The van der Waals surface area contributed by atoms with Gasteiger partial charge in [0.05, 0.1) is 11.4 Å². The van der Waals surface area contributed by atoms with Crippen LogP contribution in [-0.2, 0) is 0 Å². The lowest BCUT2D eigenvalue weighted by Crippen LogP contribution is -1.99. The molecule has 0 aliphatic heterocycles. The molecule has 0 amide bonds. The molecule has 2 rings (SSSR count). The smallest absolute Gasteiger partial charge is 0.149 e. The summed E-state index contributed by atoms with van der Waals surface area (Å²) in [5.74, 6) is -1.04. The van der Waals surface area contributed by atoms with Gasteiger partial charge in [-0.05, 0) is 30.7 Å². The van der Waals surface area contributed by atoms with Crippen molar-refractivity contribution in [3.8, 4) is 6.07 Å². The number of nitriles is 1. The Hall–Kier alpha value is -2.41. The van der Waals surface area contributed by atoms with Crippen LogP contribution in [0.3, 0.4) is 0 Å². The van der Waals surface area contributed by atoms with E-state index in [-0.39, 0.29) is 16.9 Å². The number of rotatable bonds is 2. The van der Waals surface area contributed by atoms with Gasteiger partial charge in [0.1, 0.15) is 23.3 Å². The van der Waals surface area contributed by atoms with Crippen molar-refractivity contribution in [2.45, 2.75) is 6.92 Å². The first-order valence-electron chi connectivity index (χ1n) is 5.34. The summed E-state index contributed by atoms with van der Waals surface area (Å²) in [5.41, 5.74) is 0.826. The summed E-state index contributed by atoms with van der Waals surface area (Å²) in [7, 11) is 0. The van der Waals surface area contributed by atoms with Gasteiger partial charge in [0.2, 0.25) is 0 Å². The van der Waals surface area contributed by atoms with Crippen molar-refractivity contribution in [2.75, 3.05) is 5.32 Å². The van der Waals surface area contributed by atoms with Gasteiger partial charge in [0.25, 0.3) is 0 Å². The first-order valence-corrected chi connectivity index (χ1v) is 5.34. The zero-order valence-corrected chi connectivity index (χ0v) is 9.67. The lowest BCUT2D eigenvalue weighted by atomic mass is 10.1. The molecule has 0 heterocycles. The number of hydrogen-bond donors (Lipinski definition) is 1. The fraction of sp³-hybridized carbons (Fsp3) is 0.0714. The predicted molar refractivity (Wildman–Crippen MR) is 65.5 cm³/mol. The quantitative estimate of drug-likeness (QED) is 0.869. The van der Waals surface area contributed by atoms with Crippen molar-refractivity contribution < 1.29 is 8.78 Å². The molecule has 0 bridgehead atoms. The van der Waals surface area contributed by atoms with Crippen LogP contribution in [0.25, 0.3) is 0 Å². The number of aryl methyl sites for hydroxylation is 1. The monoisotopic (exact) mass is 244 g/mol. The van der Waals surface area contributed by atoms with Crippen LogP contribution < -0.4 is 5.32 Å². The molecular formula is C14H10F2N2. The van der Waals surface area contributed by atoms with Crippen LogP contribution >= 0.6 is 0 Å². The van der Waals surface area contributed by atoms with Crippen LogP contribution in [0.1, 0.15) is 11.1 Å². The number of anilines is 2. The predicted octanol–water partition coefficient (Wildman–Crippen LogP) is 3.89. The molecular weight excluding hydrogens is 234 g/mol. The Morgan fingerprint density at radius 2 is 1.72 bits per heavy atom. The third-order valence-corrected chi connectivity index (χ3v) is 2.59. The van der Waals surface area contributed by atoms with Gasteiger partial charge >= 0.3 is 0 Å². The number of nitrogens with zero attached hydrogens (tertiary/aromatic N) is 1. The Morgan fingerprint density at radius 3 is 2.44 bits per heavy atom. The van der Waals surface area contributed by atoms with E-state index in [9.17, 15) is 8.78 Å². The molecule has 0 aliphatic carbocycles. The minimum atomic E-state index is -0.629. The van der Waals surface area contributed by atoms with E-state index in [1.807, 2.05) is 0 Å². The highest BCUT2D eigenvalue weighted by molar-refractivity contribution is 5.67. The van der Waals surface area contributed by atoms with Gasteiger partial charge < -0.3 is 5.32 Å². The summed E-state index contributed by atoms with van der Waals surface area (Å²) < 4.78 is 27.2. The van der Waals surface area contributed by atoms with E-state index >= 15 is 0 Å². The van der Waals surface area contributed by atoms with Gasteiger partial charge in [0.15, 0.2) is 0 Å². The molecule has 0 saturated heterocycles. The van der Waals surface area contributed by atoms with E-state index in [0.29, 0.717) is 5.56 Å². The molecule has 0 aliphatic rings. The second kappa shape index (κ2) is 4.84. The summed E-state index contributed by atoms with van der Waals surface area (Å²) in [5, 5.41) is 11.6. The molecule has 2 aromatic rings. The molecule has 0 unspecified atom stereocenters. The van der Waals surface area contributed by atoms with E-state index in [2.05, 4.69) is 5.32 Å². The largest absolute Gasteiger partial charge is 0.352 e. The summed E-state index contributed by atoms with van der Waals surface area (Å²) in [4.78, 5) is 0. The Kier molecular flexibility index (Phi) is 3.24. The topological polar surface area (TPSA) is 35.8 Å². The van der Waals surface area contributed by atoms with Crippen molar-refractivity contribution in [2.24, 2.45) is 0 Å². The molecule has 0 radical (unpaired) electrons. The minimum absolute atomic E-state index is 0.126. The van der Waals surface area contributed by atoms with Crippen LogP contribution in [0.5, 0.6) is 0 Å². The molecule has 0 aromatic heterocycles. The SMILES string of the molecule is Cc1cccc(Nc2cccc(F)c2C#N)c1F. The maximum atomic E-state index is 13.8. The first kappa shape index (κ1) is 12.1. The minimum Gasteiger partial charge on any atom is -0.352 e. The number of halogens is 2. The lowest BCUT2D eigenvalue weighted by molar-refractivity contribution is 0.620. The molecule has 2 aromatic carbocycles. The van der Waals surface area contributed by atoms with Crippen LogP contribution in [0.2, 0.25) is 0 Å². The highest BCUT2D eigenvalue weighted by Crippen LogP contribution is 2.25. The normalized spacial score (nSPS) is 9.89. The van der Waals surface area contributed by atoms with E-state index in [0.717, 1.165) is 0 Å². The fourth-order valence-corrected chi connectivity index (χ4v) is 1.63. The van der Waals surface area contributed by atoms with Crippen LogP contribution in [-0.4, -0.2) is 0 Å². The van der Waals surface area contributed by atoms with Gasteiger partial charge in [0, 0.05) is 0 Å². The van der Waals surface area contributed by atoms with Gasteiger partial charge in [-0.15, -0.1) is 0 Å². The third-order valence-electron chi connectivity index (χ3n) is 2.59. The van der Waals surface area contributed by atoms with Gasteiger partial charge in [-0.2, -0.15) is 5.26 Å². The molecule has 18 heavy (non-hydrogen) atoms. The highest BCUT2D eigenvalue weighted by Gasteiger charge is 2.10. The van der Waals surface area contributed by atoms with E-state index < -0.39 is 11.6 Å². The van der Waals surface area contributed by atoms with Crippen LogP contribution in [0, 0.1) is 29.9 Å². The average Bonchev–Trinajstić information content (AvgIpc) is 2.35. The molecule has 1 N–H and O–H groups in total. The summed E-state index contributed by atoms with van der Waals surface area (Å²) in [6.07, 6.45) is 0. The van der Waals surface area contributed by atoms with Crippen LogP contribution in [0.15, 0.2) is 36.4 Å².